The molecule has 0 saturated heterocycles. The maximum Gasteiger partial charge on any atom is 0.321 e. The summed E-state index contributed by atoms with van der Waals surface area (Å²) >= 11 is 0. The van der Waals surface area contributed by atoms with E-state index in [0.717, 1.165) is 4.31 Å². The molecule has 0 radical (unpaired) electrons. The molecule has 0 aliphatic rings. The van der Waals surface area contributed by atoms with E-state index in [9.17, 15) is 13.2 Å². The van der Waals surface area contributed by atoms with E-state index in [2.05, 4.69) is 4.98 Å². The number of aromatic nitrogens is 1. The molecule has 0 fully saturated rings. The number of esters is 1. The Kier molecular flexibility index (Phi) is 5.88. The number of ether oxygens (including phenoxy) is 2. The SMILES string of the molecule is CCOC(=O)CN(C)S(=O)(=O)c1ccc(Oc2ccncc2)cc1. The van der Waals surface area contributed by atoms with Crippen LogP contribution in [0.5, 0.6) is 11.5 Å². The van der Waals surface area contributed by atoms with Gasteiger partial charge >= 0.3 is 5.97 Å². The number of benzene rings is 1. The molecule has 2 aromatic rings. The van der Waals surface area contributed by atoms with E-state index in [1.165, 1.54) is 19.2 Å². The second-order valence-corrected chi connectivity index (χ2v) is 6.87. The van der Waals surface area contributed by atoms with Crippen LogP contribution in [0.15, 0.2) is 53.7 Å². The number of rotatable bonds is 7. The lowest BCUT2D eigenvalue weighted by Crippen LogP contribution is -2.33. The normalized spacial score (nSPS) is 11.3. The average Bonchev–Trinajstić information content (AvgIpc) is 2.56. The zero-order chi connectivity index (χ0) is 17.6. The molecule has 2 rings (SSSR count). The van der Waals surface area contributed by atoms with Crippen LogP contribution in [0.25, 0.3) is 0 Å². The Hall–Kier alpha value is -2.45. The highest BCUT2D eigenvalue weighted by Gasteiger charge is 2.23. The molecule has 0 N–H and O–H groups in total. The van der Waals surface area contributed by atoms with Crippen LogP contribution >= 0.6 is 0 Å². The van der Waals surface area contributed by atoms with Gasteiger partial charge in [0.2, 0.25) is 10.0 Å². The molecule has 0 aliphatic carbocycles. The predicted octanol–water partition coefficient (Wildman–Crippen LogP) is 2.06. The van der Waals surface area contributed by atoms with Crippen LogP contribution in [-0.2, 0) is 19.6 Å². The zero-order valence-corrected chi connectivity index (χ0v) is 14.2. The van der Waals surface area contributed by atoms with Gasteiger partial charge < -0.3 is 9.47 Å². The van der Waals surface area contributed by atoms with Crippen LogP contribution in [-0.4, -0.2) is 43.9 Å². The van der Waals surface area contributed by atoms with Gasteiger partial charge in [0.05, 0.1) is 11.5 Å². The van der Waals surface area contributed by atoms with Gasteiger partial charge in [-0.05, 0) is 43.3 Å². The molecule has 0 bridgehead atoms. The number of hydrogen-bond acceptors (Lipinski definition) is 6. The zero-order valence-electron chi connectivity index (χ0n) is 13.4. The molecule has 0 unspecified atom stereocenters. The van der Waals surface area contributed by atoms with Crippen molar-refractivity contribution in [1.82, 2.24) is 9.29 Å². The Labute approximate surface area is 140 Å². The number of hydrogen-bond donors (Lipinski definition) is 0. The first-order valence-corrected chi connectivity index (χ1v) is 8.67. The Morgan fingerprint density at radius 2 is 1.67 bits per heavy atom. The van der Waals surface area contributed by atoms with E-state index in [1.807, 2.05) is 0 Å². The molecule has 0 saturated carbocycles. The van der Waals surface area contributed by atoms with E-state index >= 15 is 0 Å². The summed E-state index contributed by atoms with van der Waals surface area (Å²) < 4.78 is 36.1. The number of pyridine rings is 1. The fourth-order valence-corrected chi connectivity index (χ4v) is 2.99. The number of nitrogens with zero attached hydrogens (tertiary/aromatic N) is 2. The fourth-order valence-electron chi connectivity index (χ4n) is 1.88. The van der Waals surface area contributed by atoms with Crippen LogP contribution in [0, 0.1) is 0 Å². The summed E-state index contributed by atoms with van der Waals surface area (Å²) in [4.78, 5) is 15.4. The maximum atomic E-state index is 12.4. The van der Waals surface area contributed by atoms with Crippen molar-refractivity contribution < 1.29 is 22.7 Å². The number of carbonyl (C=O) groups is 1. The molecule has 0 atom stereocenters. The largest absolute Gasteiger partial charge is 0.465 e. The van der Waals surface area contributed by atoms with E-state index < -0.39 is 16.0 Å². The first kappa shape index (κ1) is 17.9. The van der Waals surface area contributed by atoms with Crippen LogP contribution in [0.4, 0.5) is 0 Å². The van der Waals surface area contributed by atoms with Crippen molar-refractivity contribution in [2.24, 2.45) is 0 Å². The van der Waals surface area contributed by atoms with E-state index in [0.29, 0.717) is 11.5 Å². The highest BCUT2D eigenvalue weighted by Crippen LogP contribution is 2.23. The minimum Gasteiger partial charge on any atom is -0.465 e. The molecule has 1 aromatic carbocycles. The van der Waals surface area contributed by atoms with Crippen molar-refractivity contribution in [3.63, 3.8) is 0 Å². The molecule has 8 heteroatoms. The monoisotopic (exact) mass is 350 g/mol. The van der Waals surface area contributed by atoms with Crippen LogP contribution in [0.2, 0.25) is 0 Å². The topological polar surface area (TPSA) is 85.8 Å². The maximum absolute atomic E-state index is 12.4. The molecule has 0 spiro atoms. The van der Waals surface area contributed by atoms with Gasteiger partial charge in [-0.15, -0.1) is 0 Å². The van der Waals surface area contributed by atoms with Gasteiger partial charge in [0.25, 0.3) is 0 Å². The molecule has 0 amide bonds. The number of sulfonamides is 1. The highest BCUT2D eigenvalue weighted by molar-refractivity contribution is 7.89. The average molecular weight is 350 g/mol. The van der Waals surface area contributed by atoms with Crippen LogP contribution < -0.4 is 4.74 Å². The van der Waals surface area contributed by atoms with E-state index in [-0.39, 0.29) is 18.0 Å². The van der Waals surface area contributed by atoms with Crippen molar-refractivity contribution in [3.05, 3.63) is 48.8 Å². The molecule has 1 aromatic heterocycles. The van der Waals surface area contributed by atoms with E-state index in [1.54, 1.807) is 43.6 Å². The fraction of sp³-hybridized carbons (Fsp3) is 0.250. The smallest absolute Gasteiger partial charge is 0.321 e. The summed E-state index contributed by atoms with van der Waals surface area (Å²) in [5.74, 6) is 0.495. The van der Waals surface area contributed by atoms with Crippen LogP contribution in [0.1, 0.15) is 6.92 Å². The molecule has 128 valence electrons. The third-order valence-corrected chi connectivity index (χ3v) is 4.89. The lowest BCUT2D eigenvalue weighted by molar-refractivity contribution is -0.143. The molecule has 0 aliphatic heterocycles. The second kappa shape index (κ2) is 7.89. The third-order valence-electron chi connectivity index (χ3n) is 3.07. The lowest BCUT2D eigenvalue weighted by Gasteiger charge is -2.16. The summed E-state index contributed by atoms with van der Waals surface area (Å²) in [5.41, 5.74) is 0. The molecule has 24 heavy (non-hydrogen) atoms. The summed E-state index contributed by atoms with van der Waals surface area (Å²) in [6, 6.07) is 9.33. The third kappa shape index (κ3) is 4.53. The number of likely N-dealkylation sites (N-methyl/N-ethyl adjacent to an activating group) is 1. The van der Waals surface area contributed by atoms with Crippen molar-refractivity contribution in [2.75, 3.05) is 20.2 Å². The van der Waals surface area contributed by atoms with Gasteiger partial charge in [-0.25, -0.2) is 8.42 Å². The predicted molar refractivity (Wildman–Crippen MR) is 87.2 cm³/mol. The lowest BCUT2D eigenvalue weighted by atomic mass is 10.3. The van der Waals surface area contributed by atoms with Crippen LogP contribution in [0.3, 0.4) is 0 Å². The first-order chi connectivity index (χ1) is 11.4. The van der Waals surface area contributed by atoms with Crippen molar-refractivity contribution in [2.45, 2.75) is 11.8 Å². The molecule has 7 nitrogen and oxygen atoms in total. The van der Waals surface area contributed by atoms with Crippen molar-refractivity contribution in [3.8, 4) is 11.5 Å². The van der Waals surface area contributed by atoms with Gasteiger partial charge in [0.15, 0.2) is 0 Å². The molecule has 1 heterocycles. The van der Waals surface area contributed by atoms with Gasteiger partial charge in [0.1, 0.15) is 18.0 Å². The van der Waals surface area contributed by atoms with Crippen molar-refractivity contribution >= 4 is 16.0 Å². The Bertz CT molecular complexity index is 776. The summed E-state index contributed by atoms with van der Waals surface area (Å²) in [7, 11) is -2.45. The molecular weight excluding hydrogens is 332 g/mol. The molecular formula is C16H18N2O5S. The quantitative estimate of drug-likeness (QED) is 0.711. The Morgan fingerprint density at radius 1 is 1.08 bits per heavy atom. The standard InChI is InChI=1S/C16H18N2O5S/c1-3-22-16(19)12-18(2)24(20,21)15-6-4-13(5-7-15)23-14-8-10-17-11-9-14/h4-11H,3,12H2,1-2H3. The summed E-state index contributed by atoms with van der Waals surface area (Å²) in [6.45, 7) is 1.52. The van der Waals surface area contributed by atoms with Crippen molar-refractivity contribution in [1.29, 1.82) is 0 Å². The van der Waals surface area contributed by atoms with Gasteiger partial charge in [-0.2, -0.15) is 4.31 Å². The highest BCUT2D eigenvalue weighted by atomic mass is 32.2. The summed E-state index contributed by atoms with van der Waals surface area (Å²) in [6.07, 6.45) is 3.19. The van der Waals surface area contributed by atoms with E-state index in [4.69, 9.17) is 9.47 Å². The van der Waals surface area contributed by atoms with Gasteiger partial charge in [-0.1, -0.05) is 0 Å². The minimum absolute atomic E-state index is 0.0661. The number of carbonyl (C=O) groups excluding carboxylic acids is 1. The Balaban J connectivity index is 2.09. The first-order valence-electron chi connectivity index (χ1n) is 7.23. The second-order valence-electron chi connectivity index (χ2n) is 4.82. The van der Waals surface area contributed by atoms with Gasteiger partial charge in [0, 0.05) is 19.4 Å². The minimum atomic E-state index is -3.78. The Morgan fingerprint density at radius 3 is 2.25 bits per heavy atom. The summed E-state index contributed by atoms with van der Waals surface area (Å²) in [5, 5.41) is 0. The van der Waals surface area contributed by atoms with Gasteiger partial charge in [-0.3, -0.25) is 9.78 Å².